The van der Waals surface area contributed by atoms with E-state index < -0.39 is 10.0 Å². The van der Waals surface area contributed by atoms with E-state index in [0.717, 1.165) is 17.5 Å². The average Bonchev–Trinajstić information content (AvgIpc) is 2.58. The lowest BCUT2D eigenvalue weighted by Crippen LogP contribution is -2.30. The fraction of sp³-hybridized carbons (Fsp3) is 0.316. The van der Waals surface area contributed by atoms with Gasteiger partial charge >= 0.3 is 0 Å². The highest BCUT2D eigenvalue weighted by Gasteiger charge is 2.15. The van der Waals surface area contributed by atoms with Gasteiger partial charge in [0.1, 0.15) is 0 Å². The van der Waals surface area contributed by atoms with Crippen LogP contribution in [0, 0.1) is 0 Å². The molecule has 0 aliphatic rings. The van der Waals surface area contributed by atoms with E-state index in [1.54, 1.807) is 29.2 Å². The highest BCUT2D eigenvalue weighted by atomic mass is 32.2. The smallest absolute Gasteiger partial charge is 0.254 e. The van der Waals surface area contributed by atoms with Gasteiger partial charge in [-0.1, -0.05) is 18.2 Å². The van der Waals surface area contributed by atoms with Crippen LogP contribution in [0.2, 0.25) is 0 Å². The summed E-state index contributed by atoms with van der Waals surface area (Å²) in [5.41, 5.74) is 2.97. The molecule has 140 valence electrons. The molecule has 0 bridgehead atoms. The number of carbonyl (C=O) groups excluding carboxylic acids is 1. The van der Waals surface area contributed by atoms with Gasteiger partial charge in [0.25, 0.3) is 5.91 Å². The quantitative estimate of drug-likeness (QED) is 0.808. The third-order valence-corrected chi connectivity index (χ3v) is 4.51. The molecule has 0 radical (unpaired) electrons. The molecule has 1 amide bonds. The first-order valence-corrected chi connectivity index (χ1v) is 10.2. The Morgan fingerprint density at radius 3 is 2.27 bits per heavy atom. The maximum atomic E-state index is 12.8. The largest absolute Gasteiger partial charge is 0.378 e. The van der Waals surface area contributed by atoms with Crippen molar-refractivity contribution in [1.82, 2.24) is 4.90 Å². The second-order valence-electron chi connectivity index (χ2n) is 6.34. The number of sulfonamides is 1. The Bertz CT molecular complexity index is 862. The zero-order valence-electron chi connectivity index (χ0n) is 15.6. The molecule has 2 rings (SSSR count). The molecule has 1 N–H and O–H groups in total. The summed E-state index contributed by atoms with van der Waals surface area (Å²) < 4.78 is 25.2. The van der Waals surface area contributed by atoms with Crippen LogP contribution in [-0.4, -0.2) is 46.1 Å². The topological polar surface area (TPSA) is 69.7 Å². The molecule has 26 heavy (non-hydrogen) atoms. The van der Waals surface area contributed by atoms with Gasteiger partial charge in [0.2, 0.25) is 10.0 Å². The maximum Gasteiger partial charge on any atom is 0.254 e. The Balaban J connectivity index is 2.16. The third-order valence-electron chi connectivity index (χ3n) is 3.91. The lowest BCUT2D eigenvalue weighted by molar-refractivity contribution is 0.0752. The molecule has 2 aromatic carbocycles. The van der Waals surface area contributed by atoms with Crippen molar-refractivity contribution < 1.29 is 13.2 Å². The zero-order chi connectivity index (χ0) is 19.3. The second kappa shape index (κ2) is 8.23. The summed E-state index contributed by atoms with van der Waals surface area (Å²) in [5, 5.41) is 0. The lowest BCUT2D eigenvalue weighted by atomic mass is 10.1. The fourth-order valence-corrected chi connectivity index (χ4v) is 3.11. The summed E-state index contributed by atoms with van der Waals surface area (Å²) in [6.07, 6.45) is 1.08. The van der Waals surface area contributed by atoms with E-state index in [4.69, 9.17) is 0 Å². The van der Waals surface area contributed by atoms with Crippen LogP contribution in [0.4, 0.5) is 11.4 Å². The van der Waals surface area contributed by atoms with E-state index in [2.05, 4.69) is 4.72 Å². The molecule has 0 aliphatic heterocycles. The first-order chi connectivity index (χ1) is 12.2. The first-order valence-electron chi connectivity index (χ1n) is 8.33. The number of hydrogen-bond acceptors (Lipinski definition) is 4. The predicted octanol–water partition coefficient (Wildman–Crippen LogP) is 2.79. The highest BCUT2D eigenvalue weighted by molar-refractivity contribution is 7.92. The Morgan fingerprint density at radius 1 is 1.08 bits per heavy atom. The zero-order valence-corrected chi connectivity index (χ0v) is 16.4. The van der Waals surface area contributed by atoms with Gasteiger partial charge in [-0.25, -0.2) is 8.42 Å². The molecular formula is C19H25N3O3S. The molecule has 2 aromatic rings. The number of rotatable bonds is 7. The maximum absolute atomic E-state index is 12.8. The van der Waals surface area contributed by atoms with Gasteiger partial charge in [-0.15, -0.1) is 0 Å². The minimum atomic E-state index is -3.38. The van der Waals surface area contributed by atoms with Gasteiger partial charge in [-0.3, -0.25) is 9.52 Å². The Labute approximate surface area is 155 Å². The van der Waals surface area contributed by atoms with Crippen LogP contribution in [0.15, 0.2) is 48.5 Å². The van der Waals surface area contributed by atoms with Crippen LogP contribution in [-0.2, 0) is 16.6 Å². The van der Waals surface area contributed by atoms with Crippen molar-refractivity contribution in [2.24, 2.45) is 0 Å². The molecule has 0 aromatic heterocycles. The SMILES string of the molecule is CCN(Cc1ccc(N(C)C)cc1)C(=O)c1cccc(NS(C)(=O)=O)c1. The molecular weight excluding hydrogens is 350 g/mol. The standard InChI is InChI=1S/C19H25N3O3S/c1-5-22(14-15-9-11-18(12-10-15)21(2)3)19(23)16-7-6-8-17(13-16)20-26(4,24)25/h6-13,20H,5,14H2,1-4H3. The van der Waals surface area contributed by atoms with E-state index in [1.165, 1.54) is 0 Å². The summed E-state index contributed by atoms with van der Waals surface area (Å²) in [6.45, 7) is 2.97. The monoisotopic (exact) mass is 375 g/mol. The lowest BCUT2D eigenvalue weighted by Gasteiger charge is -2.22. The fourth-order valence-electron chi connectivity index (χ4n) is 2.56. The summed E-state index contributed by atoms with van der Waals surface area (Å²) in [5.74, 6) is -0.138. The minimum Gasteiger partial charge on any atom is -0.378 e. The van der Waals surface area contributed by atoms with E-state index >= 15 is 0 Å². The number of carbonyl (C=O) groups is 1. The number of benzene rings is 2. The van der Waals surface area contributed by atoms with Gasteiger partial charge in [-0.2, -0.15) is 0 Å². The second-order valence-corrected chi connectivity index (χ2v) is 8.08. The number of anilines is 2. The number of hydrogen-bond donors (Lipinski definition) is 1. The summed E-state index contributed by atoms with van der Waals surface area (Å²) >= 11 is 0. The van der Waals surface area contributed by atoms with Gasteiger partial charge in [0, 0.05) is 44.1 Å². The molecule has 0 spiro atoms. The summed E-state index contributed by atoms with van der Waals surface area (Å²) in [7, 11) is 0.577. The average molecular weight is 375 g/mol. The van der Waals surface area contributed by atoms with E-state index in [9.17, 15) is 13.2 Å². The third kappa shape index (κ3) is 5.49. The van der Waals surface area contributed by atoms with Crippen molar-refractivity contribution in [3.8, 4) is 0 Å². The summed E-state index contributed by atoms with van der Waals surface area (Å²) in [4.78, 5) is 16.6. The van der Waals surface area contributed by atoms with Crippen LogP contribution in [0.3, 0.4) is 0 Å². The Hall–Kier alpha value is -2.54. The molecule has 0 saturated carbocycles. The molecule has 0 fully saturated rings. The van der Waals surface area contributed by atoms with Crippen molar-refractivity contribution in [3.63, 3.8) is 0 Å². The molecule has 6 nitrogen and oxygen atoms in total. The summed E-state index contributed by atoms with van der Waals surface area (Å²) in [6, 6.07) is 14.6. The highest BCUT2D eigenvalue weighted by Crippen LogP contribution is 2.17. The van der Waals surface area contributed by atoms with Crippen molar-refractivity contribution >= 4 is 27.3 Å². The molecule has 0 atom stereocenters. The normalized spacial score (nSPS) is 11.1. The van der Waals surface area contributed by atoms with Crippen LogP contribution in [0.5, 0.6) is 0 Å². The van der Waals surface area contributed by atoms with Crippen LogP contribution < -0.4 is 9.62 Å². The molecule has 0 aliphatic carbocycles. The molecule has 0 saturated heterocycles. The van der Waals surface area contributed by atoms with E-state index in [1.807, 2.05) is 50.2 Å². The molecule has 0 heterocycles. The van der Waals surface area contributed by atoms with Gasteiger partial charge < -0.3 is 9.80 Å². The van der Waals surface area contributed by atoms with Crippen LogP contribution >= 0.6 is 0 Å². The number of amides is 1. The van der Waals surface area contributed by atoms with Crippen molar-refractivity contribution in [2.45, 2.75) is 13.5 Å². The van der Waals surface area contributed by atoms with Gasteiger partial charge in [0.15, 0.2) is 0 Å². The van der Waals surface area contributed by atoms with Gasteiger partial charge in [0.05, 0.1) is 6.26 Å². The first kappa shape index (κ1) is 19.8. The molecule has 7 heteroatoms. The Morgan fingerprint density at radius 2 is 1.73 bits per heavy atom. The van der Waals surface area contributed by atoms with E-state index in [-0.39, 0.29) is 5.91 Å². The van der Waals surface area contributed by atoms with Crippen LogP contribution in [0.25, 0.3) is 0 Å². The van der Waals surface area contributed by atoms with Crippen LogP contribution in [0.1, 0.15) is 22.8 Å². The van der Waals surface area contributed by atoms with E-state index in [0.29, 0.717) is 24.3 Å². The van der Waals surface area contributed by atoms with Gasteiger partial charge in [-0.05, 0) is 42.8 Å². The number of nitrogens with one attached hydrogen (secondary N) is 1. The number of nitrogens with zero attached hydrogens (tertiary/aromatic N) is 2. The Kier molecular flexibility index (Phi) is 6.26. The minimum absolute atomic E-state index is 0.138. The van der Waals surface area contributed by atoms with Crippen molar-refractivity contribution in [3.05, 3.63) is 59.7 Å². The molecule has 0 unspecified atom stereocenters. The predicted molar refractivity (Wildman–Crippen MR) is 106 cm³/mol. The van der Waals surface area contributed by atoms with Crippen molar-refractivity contribution in [2.75, 3.05) is 36.5 Å². The van der Waals surface area contributed by atoms with Crippen molar-refractivity contribution in [1.29, 1.82) is 0 Å².